The molecule has 1 aromatic carbocycles. The summed E-state index contributed by atoms with van der Waals surface area (Å²) in [7, 11) is 0. The number of hydrogen-bond donors (Lipinski definition) is 0. The summed E-state index contributed by atoms with van der Waals surface area (Å²) in [6.45, 7) is 8.53. The van der Waals surface area contributed by atoms with E-state index in [0.29, 0.717) is 17.5 Å². The molecule has 1 aromatic rings. The molecule has 0 bridgehead atoms. The summed E-state index contributed by atoms with van der Waals surface area (Å²) >= 11 is 0. The first-order valence-corrected chi connectivity index (χ1v) is 5.27. The summed E-state index contributed by atoms with van der Waals surface area (Å²) in [6.07, 6.45) is 1.59. The Morgan fingerprint density at radius 2 is 1.47 bits per heavy atom. The number of carbonyl (C=O) groups excluding carboxylic acids is 1. The predicted molar refractivity (Wildman–Crippen MR) is 62.4 cm³/mol. The number of nitrogens with zero attached hydrogens (tertiary/aromatic N) is 1. The second-order valence-corrected chi connectivity index (χ2v) is 4.37. The second kappa shape index (κ2) is 4.90. The Morgan fingerprint density at radius 1 is 1.00 bits per heavy atom. The predicted octanol–water partition coefficient (Wildman–Crippen LogP) is 3.90. The van der Waals surface area contributed by atoms with Crippen LogP contribution in [0.3, 0.4) is 0 Å². The van der Waals surface area contributed by atoms with Crippen LogP contribution in [-0.4, -0.2) is 6.08 Å². The summed E-state index contributed by atoms with van der Waals surface area (Å²) in [6, 6.07) is 6.07. The Bertz CT molecular complexity index is 361. The van der Waals surface area contributed by atoms with E-state index in [-0.39, 0.29) is 0 Å². The van der Waals surface area contributed by atoms with Gasteiger partial charge in [-0.05, 0) is 35.1 Å². The molecule has 0 heterocycles. The van der Waals surface area contributed by atoms with Gasteiger partial charge in [0, 0.05) is 0 Å². The number of rotatable bonds is 3. The standard InChI is InChI=1S/C13H17NO/c1-9(2)11-5-12(10(3)4)7-13(6-11)14-8-15/h5-7,9-10H,1-4H3. The van der Waals surface area contributed by atoms with E-state index in [0.717, 1.165) is 0 Å². The molecule has 0 fully saturated rings. The smallest absolute Gasteiger partial charge is 0.211 e. The van der Waals surface area contributed by atoms with Crippen LogP contribution in [0, 0.1) is 0 Å². The lowest BCUT2D eigenvalue weighted by molar-refractivity contribution is 0.565. The van der Waals surface area contributed by atoms with Crippen molar-refractivity contribution in [1.29, 1.82) is 0 Å². The Kier molecular flexibility index (Phi) is 3.81. The van der Waals surface area contributed by atoms with Crippen LogP contribution in [0.1, 0.15) is 50.7 Å². The lowest BCUT2D eigenvalue weighted by atomic mass is 9.95. The van der Waals surface area contributed by atoms with Crippen molar-refractivity contribution in [2.24, 2.45) is 4.99 Å². The average Bonchev–Trinajstić information content (AvgIpc) is 2.17. The van der Waals surface area contributed by atoms with Crippen molar-refractivity contribution in [2.45, 2.75) is 39.5 Å². The van der Waals surface area contributed by atoms with Gasteiger partial charge < -0.3 is 0 Å². The third kappa shape index (κ3) is 3.03. The molecule has 1 rings (SSSR count). The minimum Gasteiger partial charge on any atom is -0.211 e. The van der Waals surface area contributed by atoms with Gasteiger partial charge in [-0.1, -0.05) is 33.8 Å². The van der Waals surface area contributed by atoms with Gasteiger partial charge in [-0.25, -0.2) is 4.79 Å². The van der Waals surface area contributed by atoms with Crippen LogP contribution in [0.25, 0.3) is 0 Å². The van der Waals surface area contributed by atoms with Gasteiger partial charge in [-0.15, -0.1) is 0 Å². The fraction of sp³-hybridized carbons (Fsp3) is 0.462. The molecule has 2 nitrogen and oxygen atoms in total. The molecule has 0 aliphatic rings. The van der Waals surface area contributed by atoms with Gasteiger partial charge >= 0.3 is 0 Å². The van der Waals surface area contributed by atoms with E-state index in [1.54, 1.807) is 6.08 Å². The normalized spacial score (nSPS) is 10.5. The Morgan fingerprint density at radius 3 is 1.80 bits per heavy atom. The number of benzene rings is 1. The Hall–Kier alpha value is -1.40. The lowest BCUT2D eigenvalue weighted by Gasteiger charge is -2.11. The zero-order valence-corrected chi connectivity index (χ0v) is 9.74. The van der Waals surface area contributed by atoms with Crippen LogP contribution in [0.2, 0.25) is 0 Å². The van der Waals surface area contributed by atoms with Crippen LogP contribution < -0.4 is 0 Å². The minimum atomic E-state index is 0.448. The summed E-state index contributed by atoms with van der Waals surface area (Å²) in [4.78, 5) is 13.9. The van der Waals surface area contributed by atoms with Crippen LogP contribution in [0.4, 0.5) is 5.69 Å². The number of aliphatic imine (C=N–C) groups is 1. The van der Waals surface area contributed by atoms with Crippen molar-refractivity contribution in [3.8, 4) is 0 Å². The first-order valence-electron chi connectivity index (χ1n) is 5.27. The van der Waals surface area contributed by atoms with E-state index in [9.17, 15) is 4.79 Å². The number of isocyanates is 1. The Labute approximate surface area is 91.0 Å². The zero-order chi connectivity index (χ0) is 11.4. The average molecular weight is 203 g/mol. The molecule has 0 aliphatic carbocycles. The molecule has 0 aliphatic heterocycles. The summed E-state index contributed by atoms with van der Waals surface area (Å²) in [5, 5.41) is 0. The van der Waals surface area contributed by atoms with Crippen molar-refractivity contribution in [3.05, 3.63) is 29.3 Å². The molecule has 80 valence electrons. The highest BCUT2D eigenvalue weighted by Crippen LogP contribution is 2.26. The largest absolute Gasteiger partial charge is 0.240 e. The van der Waals surface area contributed by atoms with Gasteiger partial charge in [0.15, 0.2) is 0 Å². The monoisotopic (exact) mass is 203 g/mol. The highest BCUT2D eigenvalue weighted by atomic mass is 16.1. The maximum atomic E-state index is 10.2. The fourth-order valence-electron chi connectivity index (χ4n) is 1.44. The van der Waals surface area contributed by atoms with Gasteiger partial charge in [0.2, 0.25) is 6.08 Å². The van der Waals surface area contributed by atoms with Crippen molar-refractivity contribution in [3.63, 3.8) is 0 Å². The third-order valence-corrected chi connectivity index (χ3v) is 2.47. The molecular weight excluding hydrogens is 186 g/mol. The van der Waals surface area contributed by atoms with Gasteiger partial charge in [0.05, 0.1) is 5.69 Å². The molecule has 0 N–H and O–H groups in total. The molecule has 0 spiro atoms. The fourth-order valence-corrected chi connectivity index (χ4v) is 1.44. The maximum absolute atomic E-state index is 10.2. The number of hydrogen-bond acceptors (Lipinski definition) is 2. The first-order chi connectivity index (χ1) is 7.04. The van der Waals surface area contributed by atoms with Gasteiger partial charge in [-0.3, -0.25) is 0 Å². The van der Waals surface area contributed by atoms with E-state index in [1.807, 2.05) is 12.1 Å². The van der Waals surface area contributed by atoms with Crippen LogP contribution in [0.5, 0.6) is 0 Å². The summed E-state index contributed by atoms with van der Waals surface area (Å²) < 4.78 is 0. The molecule has 0 unspecified atom stereocenters. The molecule has 0 radical (unpaired) electrons. The van der Waals surface area contributed by atoms with Crippen LogP contribution >= 0.6 is 0 Å². The SMILES string of the molecule is CC(C)c1cc(N=C=O)cc(C(C)C)c1. The lowest BCUT2D eigenvalue weighted by Crippen LogP contribution is -1.92. The van der Waals surface area contributed by atoms with Crippen molar-refractivity contribution in [1.82, 2.24) is 0 Å². The topological polar surface area (TPSA) is 29.4 Å². The quantitative estimate of drug-likeness (QED) is 0.541. The van der Waals surface area contributed by atoms with Gasteiger partial charge in [0.25, 0.3) is 0 Å². The van der Waals surface area contributed by atoms with Gasteiger partial charge in [0.1, 0.15) is 0 Å². The molecule has 0 saturated carbocycles. The zero-order valence-electron chi connectivity index (χ0n) is 9.74. The van der Waals surface area contributed by atoms with Crippen molar-refractivity contribution in [2.75, 3.05) is 0 Å². The van der Waals surface area contributed by atoms with E-state index in [1.165, 1.54) is 11.1 Å². The highest BCUT2D eigenvalue weighted by molar-refractivity contribution is 5.52. The molecular formula is C13H17NO. The molecule has 2 heteroatoms. The molecule has 15 heavy (non-hydrogen) atoms. The van der Waals surface area contributed by atoms with Crippen LogP contribution in [0.15, 0.2) is 23.2 Å². The summed E-state index contributed by atoms with van der Waals surface area (Å²) in [5.74, 6) is 0.897. The second-order valence-electron chi connectivity index (χ2n) is 4.37. The van der Waals surface area contributed by atoms with E-state index in [2.05, 4.69) is 38.8 Å². The molecule has 0 aromatic heterocycles. The molecule has 0 atom stereocenters. The Balaban J connectivity index is 3.25. The maximum Gasteiger partial charge on any atom is 0.240 e. The molecule has 0 amide bonds. The van der Waals surface area contributed by atoms with Crippen molar-refractivity contribution < 1.29 is 4.79 Å². The molecule has 0 saturated heterocycles. The van der Waals surface area contributed by atoms with Gasteiger partial charge in [-0.2, -0.15) is 4.99 Å². The third-order valence-electron chi connectivity index (χ3n) is 2.47. The van der Waals surface area contributed by atoms with Crippen molar-refractivity contribution >= 4 is 11.8 Å². The van der Waals surface area contributed by atoms with E-state index >= 15 is 0 Å². The van der Waals surface area contributed by atoms with E-state index < -0.39 is 0 Å². The highest BCUT2D eigenvalue weighted by Gasteiger charge is 2.06. The summed E-state index contributed by atoms with van der Waals surface area (Å²) in [5.41, 5.74) is 3.14. The first kappa shape index (κ1) is 11.7. The minimum absolute atomic E-state index is 0.448. The van der Waals surface area contributed by atoms with Crippen LogP contribution in [-0.2, 0) is 4.79 Å². The van der Waals surface area contributed by atoms with E-state index in [4.69, 9.17) is 0 Å².